The van der Waals surface area contributed by atoms with Crippen molar-refractivity contribution in [3.63, 3.8) is 0 Å². The first-order valence-corrected chi connectivity index (χ1v) is 4.31. The van der Waals surface area contributed by atoms with Crippen LogP contribution in [0, 0.1) is 0 Å². The molecule has 0 heterocycles. The smallest absolute Gasteiger partial charge is 0.0473 e. The quantitative estimate of drug-likeness (QED) is 0.471. The van der Waals surface area contributed by atoms with E-state index in [1.807, 2.05) is 6.92 Å². The molecular weight excluding hydrogens is 132 g/mol. The van der Waals surface area contributed by atoms with Crippen molar-refractivity contribution in [1.82, 2.24) is 0 Å². The van der Waals surface area contributed by atoms with Gasteiger partial charge in [0, 0.05) is 0 Å². The van der Waals surface area contributed by atoms with E-state index in [0.29, 0.717) is 0 Å². The summed E-state index contributed by atoms with van der Waals surface area (Å²) in [5.74, 6) is 0. The van der Waals surface area contributed by atoms with Crippen LogP contribution < -0.4 is 0 Å². The molecule has 0 aromatic carbocycles. The van der Waals surface area contributed by atoms with Gasteiger partial charge in [0.15, 0.2) is 0 Å². The van der Waals surface area contributed by atoms with Gasteiger partial charge in [-0.1, -0.05) is 60.5 Å². The van der Waals surface area contributed by atoms with Gasteiger partial charge in [-0.2, -0.15) is 0 Å². The van der Waals surface area contributed by atoms with Crippen molar-refractivity contribution in [2.24, 2.45) is 0 Å². The molecule has 0 aliphatic carbocycles. The Labute approximate surface area is 74.7 Å². The maximum absolute atomic E-state index is 3.36. The van der Waals surface area contributed by atoms with Gasteiger partial charge in [-0.15, -0.1) is 6.58 Å². The van der Waals surface area contributed by atoms with Crippen LogP contribution in [0.25, 0.3) is 0 Å². The van der Waals surface area contributed by atoms with Gasteiger partial charge in [-0.3, -0.25) is 0 Å². The lowest BCUT2D eigenvalue weighted by Gasteiger charge is -1.68. The molecule has 0 aromatic rings. The number of unbranched alkanes of at least 4 members (excludes halogenated alkanes) is 1. The zero-order valence-electron chi connectivity index (χ0n) is 8.41. The van der Waals surface area contributed by atoms with Crippen molar-refractivity contribution in [3.8, 4) is 0 Å². The molecule has 0 unspecified atom stereocenters. The highest BCUT2D eigenvalue weighted by Gasteiger charge is 1.56. The Kier molecular flexibility index (Phi) is 108. The topological polar surface area (TPSA) is 0 Å². The highest BCUT2D eigenvalue weighted by atomic mass is 13.6. The summed E-state index contributed by atoms with van der Waals surface area (Å²) in [6, 6.07) is 0. The van der Waals surface area contributed by atoms with E-state index in [4.69, 9.17) is 0 Å². The molecule has 0 nitrogen and oxygen atoms in total. The molecule has 0 amide bonds. The Morgan fingerprint density at radius 1 is 1.00 bits per heavy atom. The average molecular weight is 160 g/mol. The molecule has 0 saturated carbocycles. The fraction of sp³-hybridized carbons (Fsp3) is 0.818. The first-order valence-electron chi connectivity index (χ1n) is 4.31. The zero-order chi connectivity index (χ0) is 8.83. The Morgan fingerprint density at radius 3 is 1.09 bits per heavy atom. The van der Waals surface area contributed by atoms with Crippen LogP contribution in [0.15, 0.2) is 12.7 Å². The Bertz CT molecular complexity index is 27.0. The lowest BCUT2D eigenvalue weighted by atomic mass is 10.4. The highest BCUT2D eigenvalue weighted by Crippen LogP contribution is 1.76. The van der Waals surface area contributed by atoms with Crippen LogP contribution in [0.4, 0.5) is 0 Å². The lowest BCUT2D eigenvalue weighted by molar-refractivity contribution is 0.886. The van der Waals surface area contributed by atoms with Gasteiger partial charge in [0.25, 0.3) is 0 Å². The molecule has 0 bridgehead atoms. The van der Waals surface area contributed by atoms with Crippen LogP contribution in [0.3, 0.4) is 0 Å². The second-order valence-corrected chi connectivity index (χ2v) is 2.12. The molecule has 0 spiro atoms. The van der Waals surface area contributed by atoms with Crippen molar-refractivity contribution in [1.29, 1.82) is 0 Å². The first kappa shape index (κ1) is 22.4. The third-order valence-electron chi connectivity index (χ3n) is 0.500. The van der Waals surface area contributed by atoms with Crippen molar-refractivity contribution in [2.45, 2.75) is 61.3 Å². The molecular formula is C11H28. The summed E-state index contributed by atoms with van der Waals surface area (Å²) in [6.45, 7) is 13.9. The first-order chi connectivity index (χ1) is 4.74. The molecule has 0 fully saturated rings. The van der Waals surface area contributed by atoms with E-state index in [1.165, 1.54) is 19.3 Å². The second kappa shape index (κ2) is 53.2. The van der Waals surface area contributed by atoms with E-state index in [9.17, 15) is 0 Å². The predicted molar refractivity (Wildman–Crippen MR) is 59.1 cm³/mol. The third-order valence-corrected chi connectivity index (χ3v) is 0.500. The van der Waals surface area contributed by atoms with Gasteiger partial charge >= 0.3 is 0 Å². The van der Waals surface area contributed by atoms with Gasteiger partial charge in [-0.25, -0.2) is 0 Å². The SMILES string of the molecule is C.C=CC.CCC.CCCC. The number of allylic oxidation sites excluding steroid dienone is 1. The van der Waals surface area contributed by atoms with Crippen LogP contribution in [0.5, 0.6) is 0 Å². The van der Waals surface area contributed by atoms with E-state index in [2.05, 4.69) is 34.3 Å². The summed E-state index contributed by atoms with van der Waals surface area (Å²) in [7, 11) is 0. The number of hydrogen-bond donors (Lipinski definition) is 0. The van der Waals surface area contributed by atoms with Gasteiger partial charge < -0.3 is 0 Å². The second-order valence-electron chi connectivity index (χ2n) is 2.12. The fourth-order valence-corrected chi connectivity index (χ4v) is 0. The van der Waals surface area contributed by atoms with Gasteiger partial charge in [0.1, 0.15) is 0 Å². The fourth-order valence-electron chi connectivity index (χ4n) is 0. The Balaban J connectivity index is -0.0000000325. The standard InChI is InChI=1S/C4H10.C3H8.C3H6.CH4/c1-3-4-2;2*1-3-2;/h3-4H2,1-2H3;3H2,1-2H3;3H,1H2,2H3;1H4. The predicted octanol–water partition coefficient (Wildman–Crippen LogP) is 5.05. The monoisotopic (exact) mass is 160 g/mol. The van der Waals surface area contributed by atoms with Crippen molar-refractivity contribution >= 4 is 0 Å². The molecule has 11 heavy (non-hydrogen) atoms. The molecule has 0 aliphatic rings. The van der Waals surface area contributed by atoms with Crippen LogP contribution in [-0.4, -0.2) is 0 Å². The van der Waals surface area contributed by atoms with E-state index < -0.39 is 0 Å². The molecule has 0 radical (unpaired) electrons. The summed E-state index contributed by atoms with van der Waals surface area (Å²) < 4.78 is 0. The summed E-state index contributed by atoms with van der Waals surface area (Å²) in [6.07, 6.45) is 5.64. The van der Waals surface area contributed by atoms with E-state index >= 15 is 0 Å². The molecule has 0 rings (SSSR count). The van der Waals surface area contributed by atoms with Gasteiger partial charge in [0.05, 0.1) is 0 Å². The molecule has 0 atom stereocenters. The van der Waals surface area contributed by atoms with Crippen LogP contribution >= 0.6 is 0 Å². The highest BCUT2D eigenvalue weighted by molar-refractivity contribution is 4.51. The molecule has 0 N–H and O–H groups in total. The third kappa shape index (κ3) is 1070. The lowest BCUT2D eigenvalue weighted by Crippen LogP contribution is -1.47. The Morgan fingerprint density at radius 2 is 1.09 bits per heavy atom. The van der Waals surface area contributed by atoms with E-state index in [0.717, 1.165) is 0 Å². The van der Waals surface area contributed by atoms with Crippen LogP contribution in [0.1, 0.15) is 61.3 Å². The minimum absolute atomic E-state index is 0. The Hall–Kier alpha value is -0.260. The molecule has 0 aliphatic heterocycles. The maximum atomic E-state index is 3.36. The summed E-state index contributed by atoms with van der Waals surface area (Å²) >= 11 is 0. The minimum Gasteiger partial charge on any atom is -0.103 e. The number of hydrogen-bond acceptors (Lipinski definition) is 0. The minimum atomic E-state index is 0. The van der Waals surface area contributed by atoms with Gasteiger partial charge in [0.2, 0.25) is 0 Å². The van der Waals surface area contributed by atoms with E-state index in [-0.39, 0.29) is 7.43 Å². The summed E-state index contributed by atoms with van der Waals surface area (Å²) in [4.78, 5) is 0. The van der Waals surface area contributed by atoms with Gasteiger partial charge in [-0.05, 0) is 6.92 Å². The van der Waals surface area contributed by atoms with Crippen LogP contribution in [0.2, 0.25) is 0 Å². The summed E-state index contributed by atoms with van der Waals surface area (Å²) in [5, 5.41) is 0. The average Bonchev–Trinajstić information content (AvgIpc) is 1.91. The van der Waals surface area contributed by atoms with Crippen molar-refractivity contribution in [2.75, 3.05) is 0 Å². The van der Waals surface area contributed by atoms with Crippen LogP contribution in [-0.2, 0) is 0 Å². The molecule has 0 aromatic heterocycles. The molecule has 0 saturated heterocycles. The van der Waals surface area contributed by atoms with E-state index in [1.54, 1.807) is 6.08 Å². The van der Waals surface area contributed by atoms with Crippen molar-refractivity contribution in [3.05, 3.63) is 12.7 Å². The molecule has 0 heteroatoms. The largest absolute Gasteiger partial charge is 0.103 e. The summed E-state index contributed by atoms with van der Waals surface area (Å²) in [5.41, 5.74) is 0. The number of rotatable bonds is 1. The molecule has 72 valence electrons. The normalized spacial score (nSPS) is 5.55. The van der Waals surface area contributed by atoms with Crippen molar-refractivity contribution < 1.29 is 0 Å². The zero-order valence-corrected chi connectivity index (χ0v) is 8.41. The maximum Gasteiger partial charge on any atom is -0.0473 e.